The van der Waals surface area contributed by atoms with Crippen LogP contribution in [0.25, 0.3) is 0 Å². The summed E-state index contributed by atoms with van der Waals surface area (Å²) in [5, 5.41) is 6.38. The molecule has 1 amide bonds. The van der Waals surface area contributed by atoms with Crippen molar-refractivity contribution in [1.82, 2.24) is 10.6 Å². The zero-order valence-electron chi connectivity index (χ0n) is 16.8. The molecule has 1 heterocycles. The number of anilines is 1. The van der Waals surface area contributed by atoms with Crippen molar-refractivity contribution in [2.45, 2.75) is 57.2 Å². The van der Waals surface area contributed by atoms with Crippen LogP contribution >= 0.6 is 0 Å². The first-order valence-electron chi connectivity index (χ1n) is 10.3. The molecular weight excluding hydrogens is 381 g/mol. The summed E-state index contributed by atoms with van der Waals surface area (Å²) in [7, 11) is 1.64. The molecule has 2 aliphatic rings. The van der Waals surface area contributed by atoms with E-state index in [0.717, 1.165) is 18.7 Å². The van der Waals surface area contributed by atoms with E-state index in [1.165, 1.54) is 5.56 Å². The normalized spacial score (nSPS) is 22.3. The maximum absolute atomic E-state index is 12.8. The van der Waals surface area contributed by atoms with E-state index in [0.29, 0.717) is 38.2 Å². The van der Waals surface area contributed by atoms with Crippen molar-refractivity contribution >= 4 is 17.6 Å². The number of halogens is 3. The van der Waals surface area contributed by atoms with Crippen molar-refractivity contribution in [2.24, 2.45) is 10.9 Å². The Kier molecular flexibility index (Phi) is 7.03. The number of alkyl halides is 3. The van der Waals surface area contributed by atoms with Crippen LogP contribution < -0.4 is 15.5 Å². The number of carbonyl (C=O) groups is 1. The number of aliphatic imine (C=N–C) groups is 1. The van der Waals surface area contributed by atoms with Crippen molar-refractivity contribution in [3.8, 4) is 0 Å². The molecule has 0 spiro atoms. The molecule has 1 aliphatic heterocycles. The Morgan fingerprint density at radius 2 is 1.93 bits per heavy atom. The predicted octanol–water partition coefficient (Wildman–Crippen LogP) is 3.64. The summed E-state index contributed by atoms with van der Waals surface area (Å²) in [6, 6.07) is 7.98. The Morgan fingerprint density at radius 3 is 2.62 bits per heavy atom. The fourth-order valence-corrected chi connectivity index (χ4v) is 4.13. The number of hydrogen-bond acceptors (Lipinski definition) is 2. The van der Waals surface area contributed by atoms with Gasteiger partial charge in [-0.3, -0.25) is 9.79 Å². The molecular formula is C21H29F3N4O. The lowest BCUT2D eigenvalue weighted by molar-refractivity contribution is -0.182. The smallest absolute Gasteiger partial charge is 0.356 e. The van der Waals surface area contributed by atoms with Crippen molar-refractivity contribution in [2.75, 3.05) is 25.0 Å². The summed E-state index contributed by atoms with van der Waals surface area (Å²) in [6.07, 6.45) is -0.808. The maximum Gasteiger partial charge on any atom is 0.391 e. The maximum atomic E-state index is 12.8. The van der Waals surface area contributed by atoms with Crippen LogP contribution in [-0.2, 0) is 11.2 Å². The molecule has 1 aromatic rings. The molecule has 3 rings (SSSR count). The van der Waals surface area contributed by atoms with Gasteiger partial charge in [-0.2, -0.15) is 13.2 Å². The van der Waals surface area contributed by atoms with Gasteiger partial charge in [0.2, 0.25) is 5.91 Å². The number of guanidine groups is 1. The van der Waals surface area contributed by atoms with Gasteiger partial charge in [-0.05, 0) is 50.2 Å². The number of nitrogens with one attached hydrogen (secondary N) is 2. The lowest BCUT2D eigenvalue weighted by Crippen LogP contribution is -2.46. The van der Waals surface area contributed by atoms with Gasteiger partial charge < -0.3 is 15.5 Å². The molecule has 29 heavy (non-hydrogen) atoms. The van der Waals surface area contributed by atoms with E-state index >= 15 is 0 Å². The molecule has 1 fully saturated rings. The summed E-state index contributed by atoms with van der Waals surface area (Å²) in [4.78, 5) is 18.5. The molecule has 1 aromatic carbocycles. The molecule has 0 bridgehead atoms. The van der Waals surface area contributed by atoms with Gasteiger partial charge in [0.15, 0.2) is 5.96 Å². The third kappa shape index (κ3) is 5.64. The molecule has 5 nitrogen and oxygen atoms in total. The summed E-state index contributed by atoms with van der Waals surface area (Å²) in [5.74, 6) is -0.484. The average Bonchev–Trinajstić information content (AvgIpc) is 3.14. The molecule has 0 unspecified atom stereocenters. The van der Waals surface area contributed by atoms with Crippen molar-refractivity contribution in [3.05, 3.63) is 29.8 Å². The van der Waals surface area contributed by atoms with E-state index in [1.807, 2.05) is 23.1 Å². The number of nitrogens with zero attached hydrogens (tertiary/aromatic N) is 2. The first kappa shape index (κ1) is 21.5. The first-order valence-corrected chi connectivity index (χ1v) is 10.3. The Hall–Kier alpha value is -2.25. The number of amides is 1. The highest BCUT2D eigenvalue weighted by Crippen LogP contribution is 2.37. The first-order chi connectivity index (χ1) is 13.9. The van der Waals surface area contributed by atoms with E-state index in [1.54, 1.807) is 7.05 Å². The summed E-state index contributed by atoms with van der Waals surface area (Å²) >= 11 is 0. The topological polar surface area (TPSA) is 56.7 Å². The number of rotatable bonds is 5. The fourth-order valence-electron chi connectivity index (χ4n) is 4.13. The highest BCUT2D eigenvalue weighted by atomic mass is 19.4. The average molecular weight is 410 g/mol. The van der Waals surface area contributed by atoms with Crippen LogP contribution in [0.15, 0.2) is 29.3 Å². The van der Waals surface area contributed by atoms with Gasteiger partial charge in [-0.1, -0.05) is 18.2 Å². The number of hydrogen-bond donors (Lipinski definition) is 2. The second kappa shape index (κ2) is 9.50. The van der Waals surface area contributed by atoms with Crippen LogP contribution in [0.5, 0.6) is 0 Å². The molecule has 160 valence electrons. The van der Waals surface area contributed by atoms with Gasteiger partial charge in [0.1, 0.15) is 0 Å². The Bertz CT molecular complexity index is 727. The van der Waals surface area contributed by atoms with Gasteiger partial charge in [-0.25, -0.2) is 0 Å². The Labute approximate surface area is 169 Å². The highest BCUT2D eigenvalue weighted by molar-refractivity contribution is 5.95. The third-order valence-electron chi connectivity index (χ3n) is 5.80. The highest BCUT2D eigenvalue weighted by Gasteiger charge is 2.41. The lowest BCUT2D eigenvalue weighted by Gasteiger charge is -2.31. The van der Waals surface area contributed by atoms with Crippen LogP contribution in [0.3, 0.4) is 0 Å². The standard InChI is InChI=1S/C21H29F3N4O/c1-25-20(27-17-10-8-16(9-11-17)21(22,23)24)26-13-4-7-19(29)28-14-12-15-5-2-3-6-18(15)28/h2-3,5-6,16-17H,4,7-14H2,1H3,(H2,25,26,27). The number of fused-ring (bicyclic) bond motifs is 1. The lowest BCUT2D eigenvalue weighted by atomic mass is 9.85. The van der Waals surface area contributed by atoms with Crippen molar-refractivity contribution in [3.63, 3.8) is 0 Å². The van der Waals surface area contributed by atoms with E-state index < -0.39 is 12.1 Å². The van der Waals surface area contributed by atoms with Gasteiger partial charge in [-0.15, -0.1) is 0 Å². The monoisotopic (exact) mass is 410 g/mol. The van der Waals surface area contributed by atoms with Crippen molar-refractivity contribution < 1.29 is 18.0 Å². The molecule has 0 radical (unpaired) electrons. The Morgan fingerprint density at radius 1 is 1.21 bits per heavy atom. The van der Waals surface area contributed by atoms with Gasteiger partial charge in [0.25, 0.3) is 0 Å². The zero-order chi connectivity index (χ0) is 20.9. The fraction of sp³-hybridized carbons (Fsp3) is 0.619. The molecule has 2 N–H and O–H groups in total. The summed E-state index contributed by atoms with van der Waals surface area (Å²) in [6.45, 7) is 1.31. The van der Waals surface area contributed by atoms with Gasteiger partial charge in [0, 0.05) is 38.3 Å². The van der Waals surface area contributed by atoms with E-state index in [4.69, 9.17) is 0 Å². The molecule has 1 aliphatic carbocycles. The zero-order valence-corrected chi connectivity index (χ0v) is 16.8. The summed E-state index contributed by atoms with van der Waals surface area (Å²) in [5.41, 5.74) is 2.22. The van der Waals surface area contributed by atoms with Gasteiger partial charge in [0.05, 0.1) is 5.92 Å². The second-order valence-corrected chi connectivity index (χ2v) is 7.76. The molecule has 1 saturated carbocycles. The van der Waals surface area contributed by atoms with Gasteiger partial charge >= 0.3 is 6.18 Å². The SMILES string of the molecule is CN=C(NCCCC(=O)N1CCc2ccccc21)NC1CCC(C(F)(F)F)CC1. The number of carbonyl (C=O) groups excluding carboxylic acids is 1. The van der Waals surface area contributed by atoms with Crippen LogP contribution in [0.2, 0.25) is 0 Å². The minimum absolute atomic E-state index is 0.00235. The largest absolute Gasteiger partial charge is 0.391 e. The predicted molar refractivity (Wildman–Crippen MR) is 108 cm³/mol. The molecule has 0 aromatic heterocycles. The van der Waals surface area contributed by atoms with Crippen LogP contribution in [0.4, 0.5) is 18.9 Å². The van der Waals surface area contributed by atoms with Crippen molar-refractivity contribution in [1.29, 1.82) is 0 Å². The Balaban J connectivity index is 1.36. The number of para-hydroxylation sites is 1. The molecule has 0 saturated heterocycles. The third-order valence-corrected chi connectivity index (χ3v) is 5.80. The molecule has 8 heteroatoms. The minimum atomic E-state index is -4.09. The summed E-state index contributed by atoms with van der Waals surface area (Å²) < 4.78 is 38.3. The van der Waals surface area contributed by atoms with E-state index in [2.05, 4.69) is 21.7 Å². The molecule has 0 atom stereocenters. The van der Waals surface area contributed by atoms with E-state index in [-0.39, 0.29) is 24.8 Å². The van der Waals surface area contributed by atoms with E-state index in [9.17, 15) is 18.0 Å². The van der Waals surface area contributed by atoms with Crippen LogP contribution in [0.1, 0.15) is 44.1 Å². The second-order valence-electron chi connectivity index (χ2n) is 7.76. The minimum Gasteiger partial charge on any atom is -0.356 e. The van der Waals surface area contributed by atoms with Crippen LogP contribution in [0, 0.1) is 5.92 Å². The number of benzene rings is 1. The van der Waals surface area contributed by atoms with Crippen LogP contribution in [-0.4, -0.2) is 44.2 Å². The quantitative estimate of drug-likeness (QED) is 0.443.